The second-order valence-corrected chi connectivity index (χ2v) is 7.97. The average Bonchev–Trinajstić information content (AvgIpc) is 2.72. The van der Waals surface area contributed by atoms with Gasteiger partial charge in [-0.15, -0.1) is 0 Å². The number of hydrogen-bond acceptors (Lipinski definition) is 4. The molecule has 0 heterocycles. The summed E-state index contributed by atoms with van der Waals surface area (Å²) in [5.41, 5.74) is 0.201. The Balaban J connectivity index is 2.24. The SMILES string of the molecule is CCCCCCCCCCCCCC(CCCC=O)OC(=O)c1ccccc1O. The highest BCUT2D eigenvalue weighted by molar-refractivity contribution is 5.92. The molecule has 1 unspecified atom stereocenters. The number of para-hydroxylation sites is 1. The second kappa shape index (κ2) is 17.1. The first-order valence-electron chi connectivity index (χ1n) is 11.6. The summed E-state index contributed by atoms with van der Waals surface area (Å²) in [7, 11) is 0. The Kier molecular flexibility index (Phi) is 14.8. The lowest BCUT2D eigenvalue weighted by atomic mass is 10.0. The lowest BCUT2D eigenvalue weighted by Crippen LogP contribution is -2.18. The Morgan fingerprint density at radius 1 is 0.897 bits per heavy atom. The van der Waals surface area contributed by atoms with Crippen LogP contribution in [-0.2, 0) is 9.53 Å². The van der Waals surface area contributed by atoms with E-state index < -0.39 is 5.97 Å². The number of unbranched alkanes of at least 4 members (excludes halogenated alkanes) is 11. The summed E-state index contributed by atoms with van der Waals surface area (Å²) < 4.78 is 5.64. The normalized spacial score (nSPS) is 11.9. The molecule has 0 saturated heterocycles. The largest absolute Gasteiger partial charge is 0.507 e. The molecule has 4 nitrogen and oxygen atoms in total. The average molecular weight is 405 g/mol. The molecule has 0 bridgehead atoms. The molecule has 0 saturated carbocycles. The summed E-state index contributed by atoms with van der Waals surface area (Å²) in [5, 5.41) is 9.84. The molecule has 1 N–H and O–H groups in total. The number of hydrogen-bond donors (Lipinski definition) is 1. The summed E-state index contributed by atoms with van der Waals surface area (Å²) in [5.74, 6) is -0.541. The van der Waals surface area contributed by atoms with Crippen molar-refractivity contribution in [2.24, 2.45) is 0 Å². The molecule has 1 atom stereocenters. The Morgan fingerprint density at radius 3 is 2.03 bits per heavy atom. The van der Waals surface area contributed by atoms with E-state index >= 15 is 0 Å². The molecule has 1 aromatic carbocycles. The van der Waals surface area contributed by atoms with Gasteiger partial charge in [-0.2, -0.15) is 0 Å². The maximum absolute atomic E-state index is 12.4. The third kappa shape index (κ3) is 12.4. The van der Waals surface area contributed by atoms with Crippen LogP contribution in [0.15, 0.2) is 24.3 Å². The highest BCUT2D eigenvalue weighted by Gasteiger charge is 2.18. The summed E-state index contributed by atoms with van der Waals surface area (Å²) in [6.45, 7) is 2.25. The summed E-state index contributed by atoms with van der Waals surface area (Å²) in [6, 6.07) is 6.45. The van der Waals surface area contributed by atoms with Gasteiger partial charge in [0.05, 0.1) is 0 Å². The standard InChI is InChI=1S/C25H40O4/c1-2-3-4-5-6-7-8-9-10-11-12-17-22(18-15-16-21-26)29-25(28)23-19-13-14-20-24(23)27/h13-14,19-22,27H,2-12,15-18H2,1H3. The molecule has 164 valence electrons. The van der Waals surface area contributed by atoms with Gasteiger partial charge in [-0.1, -0.05) is 83.3 Å². The maximum atomic E-state index is 12.4. The highest BCUT2D eigenvalue weighted by atomic mass is 16.5. The van der Waals surface area contributed by atoms with Gasteiger partial charge < -0.3 is 14.6 Å². The quantitative estimate of drug-likeness (QED) is 0.163. The maximum Gasteiger partial charge on any atom is 0.342 e. The minimum atomic E-state index is -0.484. The number of benzene rings is 1. The van der Waals surface area contributed by atoms with E-state index in [9.17, 15) is 14.7 Å². The van der Waals surface area contributed by atoms with E-state index in [0.717, 1.165) is 32.0 Å². The fourth-order valence-electron chi connectivity index (χ4n) is 3.59. The van der Waals surface area contributed by atoms with Crippen molar-refractivity contribution in [1.29, 1.82) is 0 Å². The van der Waals surface area contributed by atoms with Gasteiger partial charge in [0.1, 0.15) is 23.7 Å². The zero-order valence-electron chi connectivity index (χ0n) is 18.2. The topological polar surface area (TPSA) is 63.6 Å². The Labute approximate surface area is 177 Å². The fourth-order valence-corrected chi connectivity index (χ4v) is 3.59. The highest BCUT2D eigenvalue weighted by Crippen LogP contribution is 2.21. The number of carbonyl (C=O) groups is 2. The predicted octanol–water partition coefficient (Wildman–Crippen LogP) is 6.99. The number of carbonyl (C=O) groups excluding carboxylic acids is 2. The number of aldehydes is 1. The molecule has 1 rings (SSSR count). The zero-order chi connectivity index (χ0) is 21.2. The monoisotopic (exact) mass is 404 g/mol. The van der Waals surface area contributed by atoms with Crippen LogP contribution >= 0.6 is 0 Å². The first kappa shape index (κ1) is 25.2. The molecular weight excluding hydrogens is 364 g/mol. The van der Waals surface area contributed by atoms with Gasteiger partial charge >= 0.3 is 5.97 Å². The first-order chi connectivity index (χ1) is 14.2. The van der Waals surface area contributed by atoms with Crippen LogP contribution in [0, 0.1) is 0 Å². The molecule has 0 radical (unpaired) electrons. The van der Waals surface area contributed by atoms with Crippen LogP contribution < -0.4 is 0 Å². The van der Waals surface area contributed by atoms with E-state index in [1.807, 2.05) is 0 Å². The molecule has 0 aliphatic rings. The van der Waals surface area contributed by atoms with Crippen molar-refractivity contribution >= 4 is 12.3 Å². The van der Waals surface area contributed by atoms with Crippen molar-refractivity contribution in [3.8, 4) is 5.75 Å². The Bertz CT molecular complexity index is 556. The predicted molar refractivity (Wildman–Crippen MR) is 118 cm³/mol. The van der Waals surface area contributed by atoms with E-state index in [2.05, 4.69) is 6.92 Å². The van der Waals surface area contributed by atoms with Gasteiger partial charge in [-0.25, -0.2) is 4.79 Å². The van der Waals surface area contributed by atoms with Gasteiger partial charge in [-0.05, 0) is 37.8 Å². The number of phenolic OH excluding ortho intramolecular Hbond substituents is 1. The smallest absolute Gasteiger partial charge is 0.342 e. The second-order valence-electron chi connectivity index (χ2n) is 7.97. The molecule has 0 amide bonds. The van der Waals surface area contributed by atoms with Gasteiger partial charge in [0.2, 0.25) is 0 Å². The van der Waals surface area contributed by atoms with Gasteiger partial charge in [0.25, 0.3) is 0 Å². The van der Waals surface area contributed by atoms with Crippen LogP contribution in [-0.4, -0.2) is 23.5 Å². The molecule has 4 heteroatoms. The number of rotatable bonds is 18. The van der Waals surface area contributed by atoms with E-state index in [0.29, 0.717) is 12.8 Å². The number of ether oxygens (including phenoxy) is 1. The minimum Gasteiger partial charge on any atom is -0.507 e. The number of aromatic hydroxyl groups is 1. The fraction of sp³-hybridized carbons (Fsp3) is 0.680. The van der Waals surface area contributed by atoms with Crippen LogP contribution in [0.3, 0.4) is 0 Å². The summed E-state index contributed by atoms with van der Waals surface area (Å²) in [6.07, 6.45) is 17.5. The van der Waals surface area contributed by atoms with Crippen molar-refractivity contribution in [1.82, 2.24) is 0 Å². The lowest BCUT2D eigenvalue weighted by molar-refractivity contribution is -0.108. The lowest BCUT2D eigenvalue weighted by Gasteiger charge is -2.18. The molecule has 0 aromatic heterocycles. The molecule has 1 aromatic rings. The van der Waals surface area contributed by atoms with Crippen molar-refractivity contribution in [2.45, 2.75) is 109 Å². The van der Waals surface area contributed by atoms with Crippen LogP contribution in [0.5, 0.6) is 5.75 Å². The summed E-state index contributed by atoms with van der Waals surface area (Å²) in [4.78, 5) is 23.0. The van der Waals surface area contributed by atoms with Crippen molar-refractivity contribution in [3.05, 3.63) is 29.8 Å². The minimum absolute atomic E-state index is 0.0566. The number of esters is 1. The van der Waals surface area contributed by atoms with Crippen molar-refractivity contribution in [3.63, 3.8) is 0 Å². The molecule has 0 aliphatic heterocycles. The van der Waals surface area contributed by atoms with E-state index in [4.69, 9.17) is 4.74 Å². The molecular formula is C25H40O4. The van der Waals surface area contributed by atoms with Gasteiger partial charge in [-0.3, -0.25) is 0 Å². The molecule has 0 fully saturated rings. The van der Waals surface area contributed by atoms with E-state index in [1.165, 1.54) is 63.9 Å². The van der Waals surface area contributed by atoms with Crippen LogP contribution in [0.2, 0.25) is 0 Å². The van der Waals surface area contributed by atoms with Gasteiger partial charge in [0, 0.05) is 6.42 Å². The van der Waals surface area contributed by atoms with E-state index in [1.54, 1.807) is 18.2 Å². The number of phenols is 1. The van der Waals surface area contributed by atoms with E-state index in [-0.39, 0.29) is 17.4 Å². The van der Waals surface area contributed by atoms with Crippen molar-refractivity contribution < 1.29 is 19.4 Å². The summed E-state index contributed by atoms with van der Waals surface area (Å²) >= 11 is 0. The van der Waals surface area contributed by atoms with Crippen LogP contribution in [0.4, 0.5) is 0 Å². The molecule has 0 aliphatic carbocycles. The van der Waals surface area contributed by atoms with Gasteiger partial charge in [0.15, 0.2) is 0 Å². The Hall–Kier alpha value is -1.84. The zero-order valence-corrected chi connectivity index (χ0v) is 18.2. The third-order valence-electron chi connectivity index (χ3n) is 5.38. The van der Waals surface area contributed by atoms with Crippen LogP contribution in [0.1, 0.15) is 114 Å². The molecule has 29 heavy (non-hydrogen) atoms. The first-order valence-corrected chi connectivity index (χ1v) is 11.6. The molecule has 0 spiro atoms. The third-order valence-corrected chi connectivity index (χ3v) is 5.38. The Morgan fingerprint density at radius 2 is 1.45 bits per heavy atom. The van der Waals surface area contributed by atoms with Crippen molar-refractivity contribution in [2.75, 3.05) is 0 Å². The van der Waals surface area contributed by atoms with Crippen LogP contribution in [0.25, 0.3) is 0 Å².